The van der Waals surface area contributed by atoms with Crippen LogP contribution >= 0.6 is 15.9 Å². The van der Waals surface area contributed by atoms with Crippen LogP contribution in [0.25, 0.3) is 0 Å². The normalized spacial score (nSPS) is 22.4. The molecule has 2 rings (SSSR count). The zero-order valence-electron chi connectivity index (χ0n) is 13.7. The van der Waals surface area contributed by atoms with Crippen molar-refractivity contribution in [1.82, 2.24) is 15.1 Å². The molecule has 1 aliphatic rings. The van der Waals surface area contributed by atoms with Gasteiger partial charge in [0.05, 0.1) is 22.5 Å². The molecule has 0 bridgehead atoms. The van der Waals surface area contributed by atoms with Crippen LogP contribution in [0, 0.1) is 11.3 Å². The molecular formula is C16H28BrN3O. The average molecular weight is 358 g/mol. The Balaban J connectivity index is 2.11. The Morgan fingerprint density at radius 1 is 1.48 bits per heavy atom. The number of rotatable bonds is 7. The molecule has 1 aromatic rings. The van der Waals surface area contributed by atoms with E-state index >= 15 is 0 Å². The highest BCUT2D eigenvalue weighted by Crippen LogP contribution is 2.35. The van der Waals surface area contributed by atoms with Crippen molar-refractivity contribution < 1.29 is 4.74 Å². The van der Waals surface area contributed by atoms with Crippen molar-refractivity contribution in [3.05, 3.63) is 15.9 Å². The molecule has 1 saturated heterocycles. The van der Waals surface area contributed by atoms with E-state index in [1.165, 1.54) is 10.2 Å². The van der Waals surface area contributed by atoms with Crippen LogP contribution in [0.2, 0.25) is 0 Å². The second-order valence-corrected chi connectivity index (χ2v) is 7.48. The average Bonchev–Trinajstić information content (AvgIpc) is 2.99. The van der Waals surface area contributed by atoms with Gasteiger partial charge in [-0.25, -0.2) is 0 Å². The predicted molar refractivity (Wildman–Crippen MR) is 89.6 cm³/mol. The second kappa shape index (κ2) is 7.25. The Bertz CT molecular complexity index is 464. The first kappa shape index (κ1) is 17.0. The summed E-state index contributed by atoms with van der Waals surface area (Å²) in [6.45, 7) is 10.4. The molecule has 0 aliphatic carbocycles. The van der Waals surface area contributed by atoms with Crippen molar-refractivity contribution >= 4 is 15.9 Å². The minimum absolute atomic E-state index is 0.205. The van der Waals surface area contributed by atoms with E-state index in [0.29, 0.717) is 5.92 Å². The number of hydrogen-bond acceptors (Lipinski definition) is 3. The van der Waals surface area contributed by atoms with Crippen LogP contribution in [-0.2, 0) is 24.6 Å². The van der Waals surface area contributed by atoms with Crippen molar-refractivity contribution in [2.75, 3.05) is 26.3 Å². The molecule has 1 aliphatic heterocycles. The first-order chi connectivity index (χ1) is 9.97. The quantitative estimate of drug-likeness (QED) is 0.815. The molecule has 0 spiro atoms. The number of aryl methyl sites for hydroxylation is 2. The first-order valence-corrected chi connectivity index (χ1v) is 8.75. The van der Waals surface area contributed by atoms with Gasteiger partial charge in [-0.05, 0) is 47.7 Å². The van der Waals surface area contributed by atoms with Gasteiger partial charge >= 0.3 is 0 Å². The van der Waals surface area contributed by atoms with Gasteiger partial charge in [0.1, 0.15) is 0 Å². The summed E-state index contributed by atoms with van der Waals surface area (Å²) in [6, 6.07) is 0. The summed E-state index contributed by atoms with van der Waals surface area (Å²) in [5, 5.41) is 8.24. The molecular weight excluding hydrogens is 330 g/mol. The molecule has 1 N–H and O–H groups in total. The van der Waals surface area contributed by atoms with Crippen LogP contribution < -0.4 is 5.32 Å². The first-order valence-electron chi connectivity index (χ1n) is 7.96. The van der Waals surface area contributed by atoms with E-state index < -0.39 is 0 Å². The fourth-order valence-electron chi connectivity index (χ4n) is 2.98. The minimum Gasteiger partial charge on any atom is -0.381 e. The Morgan fingerprint density at radius 3 is 2.76 bits per heavy atom. The van der Waals surface area contributed by atoms with Gasteiger partial charge < -0.3 is 10.1 Å². The highest BCUT2D eigenvalue weighted by Gasteiger charge is 2.36. The molecule has 1 fully saturated rings. The third kappa shape index (κ3) is 4.08. The zero-order chi connectivity index (χ0) is 15.5. The monoisotopic (exact) mass is 357 g/mol. The maximum Gasteiger partial charge on any atom is 0.0766 e. The standard InChI is InChI=1S/C16H28BrN3O/c1-5-13-15(17)14(20(4)19-13)8-16(6-7-21-11-16)10-18-9-12(2)3/h12,18H,5-11H2,1-4H3. The third-order valence-electron chi connectivity index (χ3n) is 4.28. The molecule has 120 valence electrons. The number of hydrogen-bond donors (Lipinski definition) is 1. The topological polar surface area (TPSA) is 39.1 Å². The van der Waals surface area contributed by atoms with E-state index in [2.05, 4.69) is 47.1 Å². The SMILES string of the molecule is CCc1nn(C)c(CC2(CNCC(C)C)CCOC2)c1Br. The van der Waals surface area contributed by atoms with Crippen LogP contribution in [0.5, 0.6) is 0 Å². The Morgan fingerprint density at radius 2 is 2.24 bits per heavy atom. The number of halogens is 1. The molecule has 0 saturated carbocycles. The van der Waals surface area contributed by atoms with Crippen molar-refractivity contribution in [3.8, 4) is 0 Å². The molecule has 0 amide bonds. The third-order valence-corrected chi connectivity index (χ3v) is 5.20. The molecule has 1 atom stereocenters. The summed E-state index contributed by atoms with van der Waals surface area (Å²) < 4.78 is 8.93. The maximum atomic E-state index is 5.72. The fraction of sp³-hybridized carbons (Fsp3) is 0.812. The summed E-state index contributed by atoms with van der Waals surface area (Å²) in [5.41, 5.74) is 2.65. The Kier molecular flexibility index (Phi) is 5.86. The number of ether oxygens (including phenoxy) is 1. The lowest BCUT2D eigenvalue weighted by Crippen LogP contribution is -2.38. The van der Waals surface area contributed by atoms with Crippen molar-refractivity contribution in [2.45, 2.75) is 40.0 Å². The van der Waals surface area contributed by atoms with Crippen LogP contribution in [0.15, 0.2) is 4.47 Å². The van der Waals surface area contributed by atoms with Crippen LogP contribution in [0.4, 0.5) is 0 Å². The van der Waals surface area contributed by atoms with Crippen LogP contribution in [-0.4, -0.2) is 36.1 Å². The van der Waals surface area contributed by atoms with Crippen LogP contribution in [0.1, 0.15) is 38.6 Å². The van der Waals surface area contributed by atoms with E-state index in [1.54, 1.807) is 0 Å². The van der Waals surface area contributed by atoms with E-state index in [0.717, 1.165) is 51.3 Å². The van der Waals surface area contributed by atoms with Gasteiger partial charge in [0.15, 0.2) is 0 Å². The lowest BCUT2D eigenvalue weighted by atomic mass is 9.82. The minimum atomic E-state index is 0.205. The van der Waals surface area contributed by atoms with E-state index in [4.69, 9.17) is 4.74 Å². The molecule has 2 heterocycles. The number of nitrogens with one attached hydrogen (secondary N) is 1. The molecule has 21 heavy (non-hydrogen) atoms. The molecule has 0 radical (unpaired) electrons. The zero-order valence-corrected chi connectivity index (χ0v) is 15.3. The van der Waals surface area contributed by atoms with Crippen molar-refractivity contribution in [1.29, 1.82) is 0 Å². The van der Waals surface area contributed by atoms with Gasteiger partial charge in [0.25, 0.3) is 0 Å². The smallest absolute Gasteiger partial charge is 0.0766 e. The largest absolute Gasteiger partial charge is 0.381 e. The highest BCUT2D eigenvalue weighted by molar-refractivity contribution is 9.10. The van der Waals surface area contributed by atoms with E-state index in [-0.39, 0.29) is 5.41 Å². The Labute approximate surface area is 136 Å². The molecule has 4 nitrogen and oxygen atoms in total. The molecule has 5 heteroatoms. The van der Waals surface area contributed by atoms with E-state index in [9.17, 15) is 0 Å². The fourth-order valence-corrected chi connectivity index (χ4v) is 3.74. The van der Waals surface area contributed by atoms with Gasteiger partial charge in [0.2, 0.25) is 0 Å². The summed E-state index contributed by atoms with van der Waals surface area (Å²) in [4.78, 5) is 0. The lowest BCUT2D eigenvalue weighted by Gasteiger charge is -2.28. The number of nitrogens with zero attached hydrogens (tertiary/aromatic N) is 2. The summed E-state index contributed by atoms with van der Waals surface area (Å²) in [5.74, 6) is 0.680. The van der Waals surface area contributed by atoms with E-state index in [1.807, 2.05) is 11.7 Å². The number of aromatic nitrogens is 2. The highest BCUT2D eigenvalue weighted by atomic mass is 79.9. The molecule has 0 aromatic carbocycles. The van der Waals surface area contributed by atoms with Gasteiger partial charge in [-0.2, -0.15) is 5.10 Å². The molecule has 1 aromatic heterocycles. The second-order valence-electron chi connectivity index (χ2n) is 6.69. The summed E-state index contributed by atoms with van der Waals surface area (Å²) in [7, 11) is 2.05. The predicted octanol–water partition coefficient (Wildman–Crippen LogP) is 2.94. The van der Waals surface area contributed by atoms with Gasteiger partial charge in [-0.3, -0.25) is 4.68 Å². The van der Waals surface area contributed by atoms with Crippen LogP contribution in [0.3, 0.4) is 0 Å². The maximum absolute atomic E-state index is 5.72. The lowest BCUT2D eigenvalue weighted by molar-refractivity contribution is 0.147. The summed E-state index contributed by atoms with van der Waals surface area (Å²) in [6.07, 6.45) is 3.10. The van der Waals surface area contributed by atoms with Gasteiger partial charge in [-0.15, -0.1) is 0 Å². The molecule has 1 unspecified atom stereocenters. The van der Waals surface area contributed by atoms with Gasteiger partial charge in [0, 0.05) is 25.6 Å². The summed E-state index contributed by atoms with van der Waals surface area (Å²) >= 11 is 3.74. The van der Waals surface area contributed by atoms with Gasteiger partial charge in [-0.1, -0.05) is 20.8 Å². The van der Waals surface area contributed by atoms with Crippen molar-refractivity contribution in [3.63, 3.8) is 0 Å². The Hall–Kier alpha value is -0.390. The van der Waals surface area contributed by atoms with Crippen molar-refractivity contribution in [2.24, 2.45) is 18.4 Å².